The van der Waals surface area contributed by atoms with Crippen LogP contribution in [0.15, 0.2) is 46.4 Å². The molecule has 1 atom stereocenters. The summed E-state index contributed by atoms with van der Waals surface area (Å²) in [6.07, 6.45) is 4.35. The van der Waals surface area contributed by atoms with E-state index >= 15 is 0 Å². The summed E-state index contributed by atoms with van der Waals surface area (Å²) < 4.78 is 12.3. The number of aliphatic hydroxyl groups is 1. The van der Waals surface area contributed by atoms with Gasteiger partial charge in [0.1, 0.15) is 22.9 Å². The number of oxazole rings is 1. The van der Waals surface area contributed by atoms with E-state index in [1.165, 1.54) is 12.0 Å². The van der Waals surface area contributed by atoms with Crippen LogP contribution in [0.2, 0.25) is 0 Å². The summed E-state index contributed by atoms with van der Waals surface area (Å²) in [5, 5.41) is 21.1. The van der Waals surface area contributed by atoms with E-state index in [1.807, 2.05) is 37.4 Å². The molecule has 0 radical (unpaired) electrons. The predicted octanol–water partition coefficient (Wildman–Crippen LogP) is 5.12. The van der Waals surface area contributed by atoms with Crippen LogP contribution in [0.1, 0.15) is 56.0 Å². The highest BCUT2D eigenvalue weighted by Gasteiger charge is 2.40. The van der Waals surface area contributed by atoms with E-state index < -0.39 is 6.23 Å². The number of benzene rings is 2. The van der Waals surface area contributed by atoms with Crippen molar-refractivity contribution in [2.75, 3.05) is 25.0 Å². The number of aryl methyl sites for hydroxylation is 1. The third-order valence-corrected chi connectivity index (χ3v) is 8.20. The van der Waals surface area contributed by atoms with Gasteiger partial charge in [-0.05, 0) is 68.9 Å². The van der Waals surface area contributed by atoms with Gasteiger partial charge in [-0.1, -0.05) is 13.0 Å². The molecule has 7 nitrogen and oxygen atoms in total. The number of ether oxygens (including phenoxy) is 1. The average Bonchev–Trinajstić information content (AvgIpc) is 3.28. The van der Waals surface area contributed by atoms with Crippen LogP contribution in [0.4, 0.5) is 5.69 Å². The van der Waals surface area contributed by atoms with Gasteiger partial charge >= 0.3 is 0 Å². The van der Waals surface area contributed by atoms with Gasteiger partial charge < -0.3 is 24.1 Å². The van der Waals surface area contributed by atoms with Crippen LogP contribution in [0.5, 0.6) is 5.75 Å². The zero-order chi connectivity index (χ0) is 25.0. The second kappa shape index (κ2) is 8.56. The number of hydrogen-bond donors (Lipinski definition) is 1. The molecule has 3 aliphatic rings. The normalized spacial score (nSPS) is 21.8. The van der Waals surface area contributed by atoms with Crippen LogP contribution in [0.25, 0.3) is 16.8 Å². The minimum atomic E-state index is -0.995. The summed E-state index contributed by atoms with van der Waals surface area (Å²) in [7, 11) is 1.83. The predicted molar refractivity (Wildman–Crippen MR) is 139 cm³/mol. The molecule has 1 saturated carbocycles. The molecule has 0 amide bonds. The first kappa shape index (κ1) is 22.9. The fourth-order valence-corrected chi connectivity index (χ4v) is 5.54. The quantitative estimate of drug-likeness (QED) is 0.550. The first-order chi connectivity index (χ1) is 17.4. The summed E-state index contributed by atoms with van der Waals surface area (Å²) in [4.78, 5) is 8.84. The Balaban J connectivity index is 1.29. The number of fused-ring (bicyclic) bond motifs is 2. The minimum Gasteiger partial charge on any atom is -0.490 e. The monoisotopic (exact) mass is 484 g/mol. The van der Waals surface area contributed by atoms with Crippen LogP contribution in [-0.2, 0) is 5.41 Å². The lowest BCUT2D eigenvalue weighted by Crippen LogP contribution is -2.44. The standard InChI is InChI=1S/C29H32N4O3/c1-18-7-10-25-23(15-18)31-28(36-25)29(2)11-13-33(14-12-29)26-21-9-8-20(35-19-5-4-6-19)16-24(21)32(3)27(34)22(26)17-30/h7-10,15-16,19,27,34H,4-6,11-14H2,1-3H3. The molecule has 2 aliphatic heterocycles. The lowest BCUT2D eigenvalue weighted by atomic mass is 9.79. The molecule has 1 aromatic heterocycles. The molecule has 3 aromatic rings. The van der Waals surface area contributed by atoms with Crippen LogP contribution in [0.3, 0.4) is 0 Å². The highest BCUT2D eigenvalue weighted by molar-refractivity contribution is 5.85. The molecule has 186 valence electrons. The molecular formula is C29H32N4O3. The van der Waals surface area contributed by atoms with Crippen molar-refractivity contribution in [3.05, 3.63) is 59.0 Å². The van der Waals surface area contributed by atoms with Gasteiger partial charge in [0.2, 0.25) is 5.89 Å². The molecule has 2 fully saturated rings. The third-order valence-electron chi connectivity index (χ3n) is 8.20. The van der Waals surface area contributed by atoms with Crippen molar-refractivity contribution < 1.29 is 14.3 Å². The van der Waals surface area contributed by atoms with Crippen molar-refractivity contribution in [1.29, 1.82) is 5.26 Å². The highest BCUT2D eigenvalue weighted by Crippen LogP contribution is 2.44. The van der Waals surface area contributed by atoms with Crippen molar-refractivity contribution in [1.82, 2.24) is 9.88 Å². The molecule has 1 saturated heterocycles. The number of rotatable bonds is 4. The van der Waals surface area contributed by atoms with Gasteiger partial charge in [0, 0.05) is 37.2 Å². The SMILES string of the molecule is Cc1ccc2oc(C3(C)CCN(C4=C(C#N)C(O)N(C)c5cc(OC6CCC6)ccc54)CC3)nc2c1. The van der Waals surface area contributed by atoms with Crippen molar-refractivity contribution >= 4 is 22.5 Å². The van der Waals surface area contributed by atoms with E-state index in [0.717, 1.165) is 78.5 Å². The average molecular weight is 485 g/mol. The Kier molecular flexibility index (Phi) is 5.45. The fraction of sp³-hybridized carbons (Fsp3) is 0.448. The highest BCUT2D eigenvalue weighted by atomic mass is 16.5. The molecule has 1 aliphatic carbocycles. The second-order valence-electron chi connectivity index (χ2n) is 10.7. The first-order valence-electron chi connectivity index (χ1n) is 12.9. The number of hydrogen-bond acceptors (Lipinski definition) is 7. The zero-order valence-corrected chi connectivity index (χ0v) is 21.1. The van der Waals surface area contributed by atoms with E-state index in [2.05, 4.69) is 30.9 Å². The largest absolute Gasteiger partial charge is 0.490 e. The lowest BCUT2D eigenvalue weighted by Gasteiger charge is -2.43. The number of aliphatic hydroxyl groups excluding tert-OH is 1. The van der Waals surface area contributed by atoms with Crippen LogP contribution >= 0.6 is 0 Å². The number of nitriles is 1. The number of likely N-dealkylation sites (N-methyl/N-ethyl adjacent to an activating group) is 1. The van der Waals surface area contributed by atoms with Gasteiger partial charge in [0.25, 0.3) is 0 Å². The van der Waals surface area contributed by atoms with Crippen molar-refractivity contribution in [2.24, 2.45) is 0 Å². The number of likely N-dealkylation sites (tertiary alicyclic amines) is 1. The molecule has 1 N–H and O–H groups in total. The summed E-state index contributed by atoms with van der Waals surface area (Å²) in [5.41, 5.74) is 5.75. The van der Waals surface area contributed by atoms with Gasteiger partial charge in [0.15, 0.2) is 11.8 Å². The maximum atomic E-state index is 11.1. The topological polar surface area (TPSA) is 85.8 Å². The zero-order valence-electron chi connectivity index (χ0n) is 21.1. The van der Waals surface area contributed by atoms with E-state index in [-0.39, 0.29) is 11.5 Å². The molecule has 6 rings (SSSR count). The maximum Gasteiger partial charge on any atom is 0.201 e. The third kappa shape index (κ3) is 3.72. The molecule has 3 heterocycles. The van der Waals surface area contributed by atoms with E-state index in [9.17, 15) is 10.4 Å². The number of aromatic nitrogens is 1. The van der Waals surface area contributed by atoms with Gasteiger partial charge in [-0.3, -0.25) is 0 Å². The first-order valence-corrected chi connectivity index (χ1v) is 12.9. The molecule has 0 bridgehead atoms. The van der Waals surface area contributed by atoms with Gasteiger partial charge in [-0.15, -0.1) is 0 Å². The van der Waals surface area contributed by atoms with Gasteiger partial charge in [-0.25, -0.2) is 4.98 Å². The Bertz CT molecular complexity index is 1390. The van der Waals surface area contributed by atoms with Crippen molar-refractivity contribution in [3.63, 3.8) is 0 Å². The number of anilines is 1. The van der Waals surface area contributed by atoms with Gasteiger partial charge in [-0.2, -0.15) is 5.26 Å². The summed E-state index contributed by atoms with van der Waals surface area (Å²) >= 11 is 0. The minimum absolute atomic E-state index is 0.190. The molecule has 1 unspecified atom stereocenters. The van der Waals surface area contributed by atoms with E-state index in [1.54, 1.807) is 4.90 Å². The Labute approximate surface area is 211 Å². The lowest BCUT2D eigenvalue weighted by molar-refractivity contribution is 0.120. The van der Waals surface area contributed by atoms with Crippen molar-refractivity contribution in [2.45, 2.75) is 63.7 Å². The molecule has 7 heteroatoms. The van der Waals surface area contributed by atoms with Crippen molar-refractivity contribution in [3.8, 4) is 11.8 Å². The Morgan fingerprint density at radius 1 is 1.17 bits per heavy atom. The molecular weight excluding hydrogens is 452 g/mol. The van der Waals surface area contributed by atoms with Crippen LogP contribution in [0, 0.1) is 18.3 Å². The summed E-state index contributed by atoms with van der Waals surface area (Å²) in [6, 6.07) is 14.4. The fourth-order valence-electron chi connectivity index (χ4n) is 5.54. The Morgan fingerprint density at radius 2 is 1.94 bits per heavy atom. The van der Waals surface area contributed by atoms with E-state index in [0.29, 0.717) is 5.57 Å². The smallest absolute Gasteiger partial charge is 0.201 e. The molecule has 0 spiro atoms. The Morgan fingerprint density at radius 3 is 2.64 bits per heavy atom. The van der Waals surface area contributed by atoms with E-state index in [4.69, 9.17) is 14.1 Å². The maximum absolute atomic E-state index is 11.1. The molecule has 2 aromatic carbocycles. The Hall–Kier alpha value is -3.50. The summed E-state index contributed by atoms with van der Waals surface area (Å²) in [6.45, 7) is 5.75. The van der Waals surface area contributed by atoms with Gasteiger partial charge in [0.05, 0.1) is 17.5 Å². The number of nitrogens with zero attached hydrogens (tertiary/aromatic N) is 4. The number of piperidine rings is 1. The summed E-state index contributed by atoms with van der Waals surface area (Å²) in [5.74, 6) is 1.59. The van der Waals surface area contributed by atoms with Crippen LogP contribution in [-0.4, -0.2) is 47.5 Å². The van der Waals surface area contributed by atoms with Crippen LogP contribution < -0.4 is 9.64 Å². The second-order valence-corrected chi connectivity index (χ2v) is 10.7. The molecule has 36 heavy (non-hydrogen) atoms.